The molecule has 30 heavy (non-hydrogen) atoms. The highest BCUT2D eigenvalue weighted by Gasteiger charge is 2.32. The third kappa shape index (κ3) is 3.90. The van der Waals surface area contributed by atoms with Gasteiger partial charge in [0.15, 0.2) is 0 Å². The average Bonchev–Trinajstić information content (AvgIpc) is 3.06. The SMILES string of the molecule is CCc1nc2ccc(C(F)(F)F)cn2c1C(=O)Nc1cc(OC)c(C(=O)O)cc1Cl. The number of imidazole rings is 1. The van der Waals surface area contributed by atoms with E-state index in [0.717, 1.165) is 22.7 Å². The molecular formula is C19H15ClF3N3O4. The van der Waals surface area contributed by atoms with Crippen molar-refractivity contribution >= 4 is 34.8 Å². The first-order chi connectivity index (χ1) is 14.1. The number of fused-ring (bicyclic) bond motifs is 1. The second-order valence-electron chi connectivity index (χ2n) is 6.20. The summed E-state index contributed by atoms with van der Waals surface area (Å²) in [5.41, 5.74) is -0.732. The van der Waals surface area contributed by atoms with Crippen LogP contribution in [0.3, 0.4) is 0 Å². The van der Waals surface area contributed by atoms with E-state index in [0.29, 0.717) is 6.42 Å². The van der Waals surface area contributed by atoms with E-state index in [1.807, 2.05) is 0 Å². The van der Waals surface area contributed by atoms with Gasteiger partial charge in [0.2, 0.25) is 0 Å². The van der Waals surface area contributed by atoms with E-state index in [-0.39, 0.29) is 39.1 Å². The summed E-state index contributed by atoms with van der Waals surface area (Å²) < 4.78 is 45.4. The number of ether oxygens (including phenoxy) is 1. The van der Waals surface area contributed by atoms with Crippen LogP contribution in [-0.4, -0.2) is 33.5 Å². The third-order valence-corrected chi connectivity index (χ3v) is 4.65. The van der Waals surface area contributed by atoms with Crippen molar-refractivity contribution < 1.29 is 32.6 Å². The molecule has 11 heteroatoms. The zero-order chi connectivity index (χ0) is 22.2. The Morgan fingerprint density at radius 2 is 2.00 bits per heavy atom. The van der Waals surface area contributed by atoms with Gasteiger partial charge < -0.3 is 15.2 Å². The van der Waals surface area contributed by atoms with Crippen molar-refractivity contribution in [2.75, 3.05) is 12.4 Å². The number of aromatic nitrogens is 2. The van der Waals surface area contributed by atoms with Crippen LogP contribution in [0, 0.1) is 0 Å². The van der Waals surface area contributed by atoms with Crippen LogP contribution < -0.4 is 10.1 Å². The number of anilines is 1. The Morgan fingerprint density at radius 1 is 1.30 bits per heavy atom. The molecule has 0 saturated heterocycles. The first-order valence-corrected chi connectivity index (χ1v) is 8.95. The molecule has 158 valence electrons. The molecular weight excluding hydrogens is 427 g/mol. The normalized spacial score (nSPS) is 11.5. The van der Waals surface area contributed by atoms with Crippen molar-refractivity contribution in [2.24, 2.45) is 0 Å². The van der Waals surface area contributed by atoms with Gasteiger partial charge in [0.25, 0.3) is 5.91 Å². The highest BCUT2D eigenvalue weighted by atomic mass is 35.5. The molecule has 1 aromatic carbocycles. The van der Waals surface area contributed by atoms with E-state index in [4.69, 9.17) is 16.3 Å². The lowest BCUT2D eigenvalue weighted by atomic mass is 10.1. The molecule has 0 bridgehead atoms. The third-order valence-electron chi connectivity index (χ3n) is 4.34. The van der Waals surface area contributed by atoms with Gasteiger partial charge in [0.05, 0.1) is 29.1 Å². The number of methoxy groups -OCH3 is 1. The summed E-state index contributed by atoms with van der Waals surface area (Å²) in [6.45, 7) is 1.71. The van der Waals surface area contributed by atoms with E-state index in [1.165, 1.54) is 19.2 Å². The first-order valence-electron chi connectivity index (χ1n) is 8.57. The fraction of sp³-hybridized carbons (Fsp3) is 0.211. The summed E-state index contributed by atoms with van der Waals surface area (Å²) in [4.78, 5) is 28.4. The summed E-state index contributed by atoms with van der Waals surface area (Å²) in [7, 11) is 1.25. The minimum atomic E-state index is -4.60. The fourth-order valence-corrected chi connectivity index (χ4v) is 3.13. The van der Waals surface area contributed by atoms with Crippen LogP contribution >= 0.6 is 11.6 Å². The zero-order valence-corrected chi connectivity index (χ0v) is 16.4. The number of alkyl halides is 3. The number of aryl methyl sites for hydroxylation is 1. The Balaban J connectivity index is 2.08. The number of pyridine rings is 1. The van der Waals surface area contributed by atoms with Crippen LogP contribution in [0.2, 0.25) is 5.02 Å². The number of carboxylic acid groups (broad SMARTS) is 1. The molecule has 0 unspecified atom stereocenters. The number of rotatable bonds is 5. The molecule has 7 nitrogen and oxygen atoms in total. The van der Waals surface area contributed by atoms with Gasteiger partial charge in [0.1, 0.15) is 22.7 Å². The van der Waals surface area contributed by atoms with Crippen LogP contribution in [0.1, 0.15) is 39.0 Å². The van der Waals surface area contributed by atoms with E-state index in [2.05, 4.69) is 10.3 Å². The van der Waals surface area contributed by atoms with Crippen LogP contribution in [0.25, 0.3) is 5.65 Å². The van der Waals surface area contributed by atoms with Gasteiger partial charge in [-0.3, -0.25) is 9.20 Å². The van der Waals surface area contributed by atoms with Crippen LogP contribution in [-0.2, 0) is 12.6 Å². The monoisotopic (exact) mass is 441 g/mol. The van der Waals surface area contributed by atoms with Crippen molar-refractivity contribution in [3.8, 4) is 5.75 Å². The number of amides is 1. The number of carbonyl (C=O) groups excluding carboxylic acids is 1. The largest absolute Gasteiger partial charge is 0.496 e. The quantitative estimate of drug-likeness (QED) is 0.607. The molecule has 0 aliphatic carbocycles. The topological polar surface area (TPSA) is 92.9 Å². The Bertz CT molecular complexity index is 1160. The number of halogens is 4. The van der Waals surface area contributed by atoms with Crippen LogP contribution in [0.5, 0.6) is 5.75 Å². The van der Waals surface area contributed by atoms with Crippen molar-refractivity contribution in [2.45, 2.75) is 19.5 Å². The molecule has 3 rings (SSSR count). The highest BCUT2D eigenvalue weighted by molar-refractivity contribution is 6.34. The molecule has 0 radical (unpaired) electrons. The van der Waals surface area contributed by atoms with E-state index in [1.54, 1.807) is 6.92 Å². The second kappa shape index (κ2) is 7.86. The maximum atomic E-state index is 13.1. The minimum Gasteiger partial charge on any atom is -0.496 e. The number of carboxylic acids is 1. The smallest absolute Gasteiger partial charge is 0.417 e. The molecule has 0 aliphatic rings. The van der Waals surface area contributed by atoms with Crippen LogP contribution in [0.4, 0.5) is 18.9 Å². The Morgan fingerprint density at radius 3 is 2.57 bits per heavy atom. The molecule has 0 aliphatic heterocycles. The lowest BCUT2D eigenvalue weighted by Gasteiger charge is -2.12. The lowest BCUT2D eigenvalue weighted by molar-refractivity contribution is -0.137. The van der Waals surface area contributed by atoms with E-state index >= 15 is 0 Å². The second-order valence-corrected chi connectivity index (χ2v) is 6.60. The molecule has 2 aromatic heterocycles. The van der Waals surface area contributed by atoms with Gasteiger partial charge in [-0.2, -0.15) is 13.2 Å². The fourth-order valence-electron chi connectivity index (χ4n) is 2.91. The van der Waals surface area contributed by atoms with Crippen LogP contribution in [0.15, 0.2) is 30.5 Å². The molecule has 2 heterocycles. The molecule has 1 amide bonds. The number of benzene rings is 1. The van der Waals surface area contributed by atoms with Crippen molar-refractivity contribution in [3.05, 3.63) is 58.0 Å². The molecule has 0 atom stereocenters. The number of nitrogens with zero attached hydrogens (tertiary/aromatic N) is 2. The number of nitrogens with one attached hydrogen (secondary N) is 1. The minimum absolute atomic E-state index is 0.0347. The average molecular weight is 442 g/mol. The number of hydrogen-bond donors (Lipinski definition) is 2. The van der Waals surface area contributed by atoms with Crippen molar-refractivity contribution in [1.82, 2.24) is 9.38 Å². The summed E-state index contributed by atoms with van der Waals surface area (Å²) in [5.74, 6) is -2.08. The standard InChI is InChI=1S/C19H15ClF3N3O4/c1-3-12-16(26-8-9(19(21,22)23)4-5-15(26)24-12)17(27)25-13-7-14(30-2)10(18(28)29)6-11(13)20/h4-8H,3H2,1-2H3,(H,25,27)(H,28,29). The molecule has 0 fully saturated rings. The molecule has 0 spiro atoms. The zero-order valence-electron chi connectivity index (χ0n) is 15.7. The molecule has 3 aromatic rings. The van der Waals surface area contributed by atoms with Gasteiger partial charge in [-0.05, 0) is 24.6 Å². The summed E-state index contributed by atoms with van der Waals surface area (Å²) in [6, 6.07) is 4.39. The first kappa shape index (κ1) is 21.4. The highest BCUT2D eigenvalue weighted by Crippen LogP contribution is 2.32. The van der Waals surface area contributed by atoms with Crippen molar-refractivity contribution in [3.63, 3.8) is 0 Å². The van der Waals surface area contributed by atoms with Gasteiger partial charge in [0, 0.05) is 12.3 Å². The Kier molecular flexibility index (Phi) is 5.62. The Hall–Kier alpha value is -3.27. The molecule has 2 N–H and O–H groups in total. The van der Waals surface area contributed by atoms with Gasteiger partial charge in [-0.15, -0.1) is 0 Å². The number of aromatic carboxylic acids is 1. The van der Waals surface area contributed by atoms with Gasteiger partial charge in [-0.1, -0.05) is 18.5 Å². The van der Waals surface area contributed by atoms with Gasteiger partial charge in [-0.25, -0.2) is 9.78 Å². The van der Waals surface area contributed by atoms with Crippen molar-refractivity contribution in [1.29, 1.82) is 0 Å². The predicted octanol–water partition coefficient (Wildman–Crippen LogP) is 4.53. The summed E-state index contributed by atoms with van der Waals surface area (Å²) >= 11 is 6.08. The summed E-state index contributed by atoms with van der Waals surface area (Å²) in [6.07, 6.45) is -3.51. The van der Waals surface area contributed by atoms with E-state index in [9.17, 15) is 27.9 Å². The Labute approximate surface area is 173 Å². The molecule has 0 saturated carbocycles. The summed E-state index contributed by atoms with van der Waals surface area (Å²) in [5, 5.41) is 11.6. The number of carbonyl (C=O) groups is 2. The van der Waals surface area contributed by atoms with Gasteiger partial charge >= 0.3 is 12.1 Å². The number of hydrogen-bond acceptors (Lipinski definition) is 4. The lowest BCUT2D eigenvalue weighted by Crippen LogP contribution is -2.17. The van der Waals surface area contributed by atoms with E-state index < -0.39 is 23.6 Å². The maximum Gasteiger partial charge on any atom is 0.417 e. The maximum absolute atomic E-state index is 13.1. The predicted molar refractivity (Wildman–Crippen MR) is 102 cm³/mol.